The van der Waals surface area contributed by atoms with Crippen molar-refractivity contribution in [1.82, 2.24) is 0 Å². The molecule has 1 unspecified atom stereocenters. The van der Waals surface area contributed by atoms with Crippen molar-refractivity contribution in [3.8, 4) is 0 Å². The van der Waals surface area contributed by atoms with Crippen molar-refractivity contribution >= 4 is 10.4 Å². The SMILES string of the molecule is O=S(=O)(O)OC(C(F)F)C(F)(F)F. The molecule has 0 saturated carbocycles. The third-order valence-corrected chi connectivity index (χ3v) is 1.23. The first-order chi connectivity index (χ1) is 5.54. The molecule has 0 aromatic rings. The predicted octanol–water partition coefficient (Wildman–Crippen LogP) is 1.00. The van der Waals surface area contributed by atoms with E-state index in [1.807, 2.05) is 0 Å². The van der Waals surface area contributed by atoms with E-state index in [4.69, 9.17) is 4.55 Å². The van der Waals surface area contributed by atoms with Crippen LogP contribution in [0, 0.1) is 0 Å². The number of hydrogen-bond acceptors (Lipinski definition) is 3. The van der Waals surface area contributed by atoms with E-state index in [1.165, 1.54) is 0 Å². The van der Waals surface area contributed by atoms with Gasteiger partial charge in [0, 0.05) is 0 Å². The Morgan fingerprint density at radius 1 is 1.23 bits per heavy atom. The van der Waals surface area contributed by atoms with Gasteiger partial charge in [-0.25, -0.2) is 13.0 Å². The van der Waals surface area contributed by atoms with Crippen LogP contribution in [0.25, 0.3) is 0 Å². The molecule has 0 aromatic carbocycles. The van der Waals surface area contributed by atoms with E-state index in [-0.39, 0.29) is 0 Å². The molecule has 0 fully saturated rings. The van der Waals surface area contributed by atoms with Gasteiger partial charge in [0.1, 0.15) is 0 Å². The maximum absolute atomic E-state index is 11.5. The lowest BCUT2D eigenvalue weighted by atomic mass is 10.4. The Bertz CT molecular complexity index is 255. The molecular formula is C3H3F5O4S. The van der Waals surface area contributed by atoms with Crippen molar-refractivity contribution in [2.45, 2.75) is 18.7 Å². The number of hydrogen-bond donors (Lipinski definition) is 1. The number of alkyl halides is 5. The van der Waals surface area contributed by atoms with Crippen molar-refractivity contribution in [3.63, 3.8) is 0 Å². The Morgan fingerprint density at radius 2 is 1.62 bits per heavy atom. The third-order valence-electron chi connectivity index (χ3n) is 0.777. The van der Waals surface area contributed by atoms with Gasteiger partial charge in [0.25, 0.3) is 6.43 Å². The molecule has 10 heteroatoms. The maximum Gasteiger partial charge on any atom is 0.421 e. The van der Waals surface area contributed by atoms with Crippen LogP contribution in [0.2, 0.25) is 0 Å². The van der Waals surface area contributed by atoms with Gasteiger partial charge in [-0.2, -0.15) is 21.6 Å². The molecular weight excluding hydrogens is 227 g/mol. The topological polar surface area (TPSA) is 63.6 Å². The van der Waals surface area contributed by atoms with Gasteiger partial charge in [-0.1, -0.05) is 0 Å². The summed E-state index contributed by atoms with van der Waals surface area (Å²) in [6, 6.07) is 0. The standard InChI is InChI=1S/C3H3F5O4S/c4-2(5)1(3(6,7)8)12-13(9,10)11/h1-2H,(H,9,10,11). The molecule has 0 aliphatic heterocycles. The summed E-state index contributed by atoms with van der Waals surface area (Å²) in [6.07, 6.45) is -13.5. The molecule has 0 amide bonds. The normalized spacial score (nSPS) is 16.2. The van der Waals surface area contributed by atoms with Crippen LogP contribution in [0.1, 0.15) is 0 Å². The van der Waals surface area contributed by atoms with Crippen LogP contribution in [0.15, 0.2) is 0 Å². The lowest BCUT2D eigenvalue weighted by Gasteiger charge is -2.17. The zero-order chi connectivity index (χ0) is 10.9. The van der Waals surface area contributed by atoms with E-state index in [1.54, 1.807) is 0 Å². The van der Waals surface area contributed by atoms with Crippen molar-refractivity contribution in [1.29, 1.82) is 0 Å². The van der Waals surface area contributed by atoms with Crippen LogP contribution < -0.4 is 0 Å². The van der Waals surface area contributed by atoms with Gasteiger partial charge in [0.05, 0.1) is 0 Å². The van der Waals surface area contributed by atoms with Gasteiger partial charge >= 0.3 is 16.6 Å². The highest BCUT2D eigenvalue weighted by molar-refractivity contribution is 7.80. The first-order valence-electron chi connectivity index (χ1n) is 2.54. The molecule has 0 rings (SSSR count). The van der Waals surface area contributed by atoms with Crippen LogP contribution in [0.4, 0.5) is 22.0 Å². The van der Waals surface area contributed by atoms with Crippen molar-refractivity contribution in [2.24, 2.45) is 0 Å². The van der Waals surface area contributed by atoms with E-state index in [0.717, 1.165) is 0 Å². The lowest BCUT2D eigenvalue weighted by Crippen LogP contribution is -2.39. The third kappa shape index (κ3) is 4.95. The monoisotopic (exact) mass is 230 g/mol. The Balaban J connectivity index is 4.66. The lowest BCUT2D eigenvalue weighted by molar-refractivity contribution is -0.227. The highest BCUT2D eigenvalue weighted by Gasteiger charge is 2.49. The summed E-state index contributed by atoms with van der Waals surface area (Å²) < 4.78 is 87.4. The quantitative estimate of drug-likeness (QED) is 0.580. The molecule has 1 N–H and O–H groups in total. The second-order valence-electron chi connectivity index (χ2n) is 1.82. The van der Waals surface area contributed by atoms with Gasteiger partial charge in [-0.3, -0.25) is 4.55 Å². The molecule has 1 atom stereocenters. The fourth-order valence-corrected chi connectivity index (χ4v) is 0.826. The minimum atomic E-state index is -5.57. The zero-order valence-electron chi connectivity index (χ0n) is 5.62. The van der Waals surface area contributed by atoms with Gasteiger partial charge in [-0.05, 0) is 0 Å². The van der Waals surface area contributed by atoms with E-state index in [9.17, 15) is 30.4 Å². The maximum atomic E-state index is 11.5. The van der Waals surface area contributed by atoms with Crippen LogP contribution in [0.5, 0.6) is 0 Å². The number of halogens is 5. The largest absolute Gasteiger partial charge is 0.421 e. The second-order valence-corrected chi connectivity index (χ2v) is 2.87. The Morgan fingerprint density at radius 3 is 1.69 bits per heavy atom. The average Bonchev–Trinajstić information content (AvgIpc) is 1.77. The fraction of sp³-hybridized carbons (Fsp3) is 1.00. The first-order valence-corrected chi connectivity index (χ1v) is 3.91. The van der Waals surface area contributed by atoms with Gasteiger partial charge in [-0.15, -0.1) is 0 Å². The van der Waals surface area contributed by atoms with Gasteiger partial charge in [0.2, 0.25) is 6.10 Å². The molecule has 0 saturated heterocycles. The Hall–Kier alpha value is -0.480. The molecule has 0 heterocycles. The molecule has 13 heavy (non-hydrogen) atoms. The van der Waals surface area contributed by atoms with Crippen molar-refractivity contribution in [2.75, 3.05) is 0 Å². The number of rotatable bonds is 3. The van der Waals surface area contributed by atoms with E-state index in [2.05, 4.69) is 4.18 Å². The Kier molecular flexibility index (Phi) is 3.58. The highest BCUT2D eigenvalue weighted by Crippen LogP contribution is 2.28. The van der Waals surface area contributed by atoms with Gasteiger partial charge < -0.3 is 0 Å². The van der Waals surface area contributed by atoms with Crippen molar-refractivity contribution < 1.29 is 39.1 Å². The molecule has 80 valence electrons. The average molecular weight is 230 g/mol. The zero-order valence-corrected chi connectivity index (χ0v) is 6.44. The molecule has 0 radical (unpaired) electrons. The van der Waals surface area contributed by atoms with E-state index >= 15 is 0 Å². The highest BCUT2D eigenvalue weighted by atomic mass is 32.3. The van der Waals surface area contributed by atoms with E-state index in [0.29, 0.717) is 0 Å². The van der Waals surface area contributed by atoms with E-state index < -0.39 is 29.1 Å². The predicted molar refractivity (Wildman–Crippen MR) is 28.5 cm³/mol. The summed E-state index contributed by atoms with van der Waals surface area (Å²) in [5.41, 5.74) is 0. The van der Waals surface area contributed by atoms with Crippen LogP contribution in [0.3, 0.4) is 0 Å². The summed E-state index contributed by atoms with van der Waals surface area (Å²) in [4.78, 5) is 0. The van der Waals surface area contributed by atoms with Gasteiger partial charge in [0.15, 0.2) is 0 Å². The summed E-state index contributed by atoms with van der Waals surface area (Å²) in [7, 11) is -5.55. The first kappa shape index (κ1) is 12.5. The minimum absolute atomic E-state index is 2.72. The Labute approximate surface area is 69.2 Å². The second kappa shape index (κ2) is 3.72. The van der Waals surface area contributed by atoms with Crippen LogP contribution in [-0.2, 0) is 14.6 Å². The summed E-state index contributed by atoms with van der Waals surface area (Å²) in [6.45, 7) is 0. The fourth-order valence-electron chi connectivity index (χ4n) is 0.370. The summed E-state index contributed by atoms with van der Waals surface area (Å²) in [5, 5.41) is 0. The smallest absolute Gasteiger partial charge is 0.264 e. The van der Waals surface area contributed by atoms with Crippen LogP contribution in [-0.4, -0.2) is 31.7 Å². The molecule has 0 aliphatic rings. The molecule has 0 bridgehead atoms. The molecule has 0 spiro atoms. The summed E-state index contributed by atoms with van der Waals surface area (Å²) in [5.74, 6) is 0. The van der Waals surface area contributed by atoms with Crippen LogP contribution >= 0.6 is 0 Å². The molecule has 0 aliphatic carbocycles. The molecule has 4 nitrogen and oxygen atoms in total. The molecule has 0 aromatic heterocycles. The minimum Gasteiger partial charge on any atom is -0.264 e. The van der Waals surface area contributed by atoms with Crippen molar-refractivity contribution in [3.05, 3.63) is 0 Å². The summed E-state index contributed by atoms with van der Waals surface area (Å²) >= 11 is 0.